The van der Waals surface area contributed by atoms with E-state index in [-0.39, 0.29) is 18.2 Å². The molecular formula is C16H23NO4. The molecule has 1 aromatic carbocycles. The number of ether oxygens (including phenoxy) is 1. The number of aliphatic carboxylic acids is 1. The zero-order valence-corrected chi connectivity index (χ0v) is 12.6. The third-order valence-corrected chi connectivity index (χ3v) is 3.36. The molecule has 0 aliphatic rings. The van der Waals surface area contributed by atoms with Gasteiger partial charge in [-0.1, -0.05) is 19.1 Å². The lowest BCUT2D eigenvalue weighted by atomic mass is 9.95. The molecule has 5 nitrogen and oxygen atoms in total. The zero-order chi connectivity index (χ0) is 15.7. The Bertz CT molecular complexity index is 456. The summed E-state index contributed by atoms with van der Waals surface area (Å²) in [5.74, 6) is -0.234. The number of carbonyl (C=O) groups is 2. The van der Waals surface area contributed by atoms with Crippen molar-refractivity contribution in [3.05, 3.63) is 29.8 Å². The second kappa shape index (κ2) is 9.00. The monoisotopic (exact) mass is 293 g/mol. The lowest BCUT2D eigenvalue weighted by Gasteiger charge is -2.15. The Morgan fingerprint density at radius 3 is 2.43 bits per heavy atom. The number of amides is 1. The Morgan fingerprint density at radius 1 is 1.24 bits per heavy atom. The topological polar surface area (TPSA) is 75.6 Å². The number of hydrogen-bond donors (Lipinski definition) is 2. The maximum absolute atomic E-state index is 12.2. The summed E-state index contributed by atoms with van der Waals surface area (Å²) in [6.45, 7) is 2.48. The fourth-order valence-electron chi connectivity index (χ4n) is 2.14. The number of carbonyl (C=O) groups excluding carboxylic acids is 1. The molecule has 1 amide bonds. The maximum Gasteiger partial charge on any atom is 0.303 e. The molecule has 2 N–H and O–H groups in total. The molecule has 1 aromatic rings. The van der Waals surface area contributed by atoms with E-state index in [0.29, 0.717) is 25.8 Å². The summed E-state index contributed by atoms with van der Waals surface area (Å²) < 4.78 is 5.11. The summed E-state index contributed by atoms with van der Waals surface area (Å²) in [4.78, 5) is 22.6. The minimum absolute atomic E-state index is 0.0157. The van der Waals surface area contributed by atoms with E-state index < -0.39 is 5.97 Å². The second-order valence-electron chi connectivity index (χ2n) is 4.88. The predicted octanol–water partition coefficient (Wildman–Crippen LogP) is 2.56. The van der Waals surface area contributed by atoms with Crippen molar-refractivity contribution < 1.29 is 19.4 Å². The molecule has 0 aliphatic heterocycles. The van der Waals surface area contributed by atoms with E-state index in [1.165, 1.54) is 0 Å². The normalized spacial score (nSPS) is 11.7. The van der Waals surface area contributed by atoms with E-state index >= 15 is 0 Å². The van der Waals surface area contributed by atoms with Crippen LogP contribution in [0.15, 0.2) is 24.3 Å². The van der Waals surface area contributed by atoms with Crippen molar-refractivity contribution in [2.45, 2.75) is 38.5 Å². The molecule has 0 saturated carbocycles. The van der Waals surface area contributed by atoms with Gasteiger partial charge in [0.25, 0.3) is 0 Å². The Balaban J connectivity index is 2.46. The number of carboxylic acid groups (broad SMARTS) is 1. The van der Waals surface area contributed by atoms with Crippen LogP contribution in [-0.2, 0) is 9.59 Å². The fourth-order valence-corrected chi connectivity index (χ4v) is 2.14. The third kappa shape index (κ3) is 5.85. The predicted molar refractivity (Wildman–Crippen MR) is 80.5 cm³/mol. The number of rotatable bonds is 9. The lowest BCUT2D eigenvalue weighted by molar-refractivity contribution is -0.137. The minimum atomic E-state index is -0.800. The van der Waals surface area contributed by atoms with Crippen LogP contribution in [0.4, 0.5) is 0 Å². The molecule has 0 heterocycles. The molecule has 0 aliphatic carbocycles. The second-order valence-corrected chi connectivity index (χ2v) is 4.88. The van der Waals surface area contributed by atoms with Crippen LogP contribution in [0, 0.1) is 0 Å². The fraction of sp³-hybridized carbons (Fsp3) is 0.500. The van der Waals surface area contributed by atoms with Gasteiger partial charge in [-0.05, 0) is 37.0 Å². The first-order valence-electron chi connectivity index (χ1n) is 7.22. The summed E-state index contributed by atoms with van der Waals surface area (Å²) in [7, 11) is 1.61. The average molecular weight is 293 g/mol. The smallest absolute Gasteiger partial charge is 0.303 e. The van der Waals surface area contributed by atoms with Crippen LogP contribution in [-0.4, -0.2) is 30.6 Å². The van der Waals surface area contributed by atoms with Gasteiger partial charge in [0.15, 0.2) is 0 Å². The van der Waals surface area contributed by atoms with Gasteiger partial charge in [0.05, 0.1) is 13.0 Å². The van der Waals surface area contributed by atoms with Gasteiger partial charge in [-0.3, -0.25) is 9.59 Å². The maximum atomic E-state index is 12.2. The van der Waals surface area contributed by atoms with Crippen molar-refractivity contribution in [1.82, 2.24) is 5.32 Å². The number of nitrogens with one attached hydrogen (secondary N) is 1. The molecule has 21 heavy (non-hydrogen) atoms. The van der Waals surface area contributed by atoms with Crippen molar-refractivity contribution >= 4 is 11.9 Å². The minimum Gasteiger partial charge on any atom is -0.497 e. The van der Waals surface area contributed by atoms with Gasteiger partial charge in [0.1, 0.15) is 5.75 Å². The van der Waals surface area contributed by atoms with Gasteiger partial charge in [-0.2, -0.15) is 0 Å². The van der Waals surface area contributed by atoms with E-state index in [0.717, 1.165) is 11.3 Å². The molecule has 0 aromatic heterocycles. The van der Waals surface area contributed by atoms with E-state index in [4.69, 9.17) is 9.84 Å². The first-order valence-corrected chi connectivity index (χ1v) is 7.22. The van der Waals surface area contributed by atoms with Crippen molar-refractivity contribution in [2.24, 2.45) is 0 Å². The molecule has 5 heteroatoms. The number of hydrogen-bond acceptors (Lipinski definition) is 3. The summed E-state index contributed by atoms with van der Waals surface area (Å²) in [6, 6.07) is 7.49. The highest BCUT2D eigenvalue weighted by molar-refractivity contribution is 5.83. The molecule has 0 saturated heterocycles. The van der Waals surface area contributed by atoms with Gasteiger partial charge in [-0.15, -0.1) is 0 Å². The molecule has 1 unspecified atom stereocenters. The number of carboxylic acids is 1. The van der Waals surface area contributed by atoms with Crippen LogP contribution < -0.4 is 10.1 Å². The summed E-state index contributed by atoms with van der Waals surface area (Å²) in [5, 5.41) is 11.4. The zero-order valence-electron chi connectivity index (χ0n) is 12.6. The number of unbranched alkanes of at least 4 members (excludes halogenated alkanes) is 1. The molecule has 0 bridgehead atoms. The Kier molecular flexibility index (Phi) is 7.29. The molecule has 116 valence electrons. The highest BCUT2D eigenvalue weighted by atomic mass is 16.5. The summed E-state index contributed by atoms with van der Waals surface area (Å²) in [5.41, 5.74) is 0.960. The molecule has 0 radical (unpaired) electrons. The average Bonchev–Trinajstić information content (AvgIpc) is 2.48. The SMILES string of the molecule is CCC(C(=O)NCCCCC(=O)O)c1ccc(OC)cc1. The van der Waals surface area contributed by atoms with Gasteiger partial charge >= 0.3 is 5.97 Å². The van der Waals surface area contributed by atoms with E-state index in [1.807, 2.05) is 31.2 Å². The van der Waals surface area contributed by atoms with Crippen LogP contribution in [0.2, 0.25) is 0 Å². The lowest BCUT2D eigenvalue weighted by Crippen LogP contribution is -2.30. The molecular weight excluding hydrogens is 270 g/mol. The molecule has 1 rings (SSSR count). The number of benzene rings is 1. The third-order valence-electron chi connectivity index (χ3n) is 3.36. The van der Waals surface area contributed by atoms with Crippen molar-refractivity contribution in [2.75, 3.05) is 13.7 Å². The summed E-state index contributed by atoms with van der Waals surface area (Å²) in [6.07, 6.45) is 2.12. The van der Waals surface area contributed by atoms with Crippen molar-refractivity contribution in [3.63, 3.8) is 0 Å². The highest BCUT2D eigenvalue weighted by Gasteiger charge is 2.18. The van der Waals surface area contributed by atoms with Crippen LogP contribution in [0.3, 0.4) is 0 Å². The van der Waals surface area contributed by atoms with Gasteiger partial charge in [0.2, 0.25) is 5.91 Å². The van der Waals surface area contributed by atoms with Crippen LogP contribution in [0.25, 0.3) is 0 Å². The first kappa shape index (κ1) is 17.0. The van der Waals surface area contributed by atoms with Gasteiger partial charge in [-0.25, -0.2) is 0 Å². The molecule has 0 fully saturated rings. The highest BCUT2D eigenvalue weighted by Crippen LogP contribution is 2.22. The van der Waals surface area contributed by atoms with E-state index in [2.05, 4.69) is 5.32 Å². The van der Waals surface area contributed by atoms with E-state index in [9.17, 15) is 9.59 Å². The van der Waals surface area contributed by atoms with Crippen molar-refractivity contribution in [1.29, 1.82) is 0 Å². The Hall–Kier alpha value is -2.04. The van der Waals surface area contributed by atoms with Crippen LogP contribution in [0.1, 0.15) is 44.1 Å². The molecule has 0 spiro atoms. The number of methoxy groups -OCH3 is 1. The van der Waals surface area contributed by atoms with Gasteiger partial charge < -0.3 is 15.2 Å². The molecule has 1 atom stereocenters. The largest absolute Gasteiger partial charge is 0.497 e. The summed E-state index contributed by atoms with van der Waals surface area (Å²) >= 11 is 0. The standard InChI is InChI=1S/C16H23NO4/c1-3-14(12-7-9-13(21-2)10-8-12)16(20)17-11-5-4-6-15(18)19/h7-10,14H,3-6,11H2,1-2H3,(H,17,20)(H,18,19). The van der Waals surface area contributed by atoms with Crippen molar-refractivity contribution in [3.8, 4) is 5.75 Å². The van der Waals surface area contributed by atoms with Crippen LogP contribution in [0.5, 0.6) is 5.75 Å². The first-order chi connectivity index (χ1) is 10.1. The Labute approximate surface area is 125 Å². The van der Waals surface area contributed by atoms with Crippen LogP contribution >= 0.6 is 0 Å². The Morgan fingerprint density at radius 2 is 1.90 bits per heavy atom. The van der Waals surface area contributed by atoms with E-state index in [1.54, 1.807) is 7.11 Å². The van der Waals surface area contributed by atoms with Gasteiger partial charge in [0, 0.05) is 13.0 Å². The quantitative estimate of drug-likeness (QED) is 0.686.